The molecule has 1 fully saturated rings. The van der Waals surface area contributed by atoms with E-state index < -0.39 is 0 Å². The van der Waals surface area contributed by atoms with E-state index in [1.54, 1.807) is 0 Å². The molecule has 0 aromatic heterocycles. The van der Waals surface area contributed by atoms with E-state index >= 15 is 0 Å². The molecule has 0 saturated heterocycles. The zero-order valence-corrected chi connectivity index (χ0v) is 5.66. The normalized spacial score (nSPS) is 36.8. The molecule has 0 spiro atoms. The van der Waals surface area contributed by atoms with Crippen LogP contribution in [0.25, 0.3) is 0 Å². The number of nitrogens with two attached hydrogens (primary N) is 2. The predicted octanol–water partition coefficient (Wildman–Crippen LogP) is 0.247. The molecule has 0 radical (unpaired) electrons. The number of rotatable bonds is 0. The highest BCUT2D eigenvalue weighted by atomic mass is 35.5. The molecule has 0 aromatic carbocycles. The van der Waals surface area contributed by atoms with Crippen LogP contribution in [0.2, 0.25) is 0 Å². The van der Waals surface area contributed by atoms with Gasteiger partial charge in [-0.05, 0) is 12.8 Å². The minimum Gasteiger partial charge on any atom is -0.326 e. The van der Waals surface area contributed by atoms with Crippen LogP contribution in [-0.2, 0) is 0 Å². The Kier molecular flexibility index (Phi) is 3.36. The first-order valence-electron chi connectivity index (χ1n) is 2.82. The standard InChI is InChI=1S/C5H12N2.ClH/c6-4-2-1-3-5(4)7;/h4-5H,1-3,6-7H2;1H. The van der Waals surface area contributed by atoms with E-state index in [9.17, 15) is 0 Å². The first kappa shape index (κ1) is 8.21. The van der Waals surface area contributed by atoms with Gasteiger partial charge in [0.05, 0.1) is 0 Å². The molecule has 3 heteroatoms. The summed E-state index contributed by atoms with van der Waals surface area (Å²) in [6, 6.07) is 0.583. The van der Waals surface area contributed by atoms with Gasteiger partial charge in [0.25, 0.3) is 0 Å². The lowest BCUT2D eigenvalue weighted by molar-refractivity contribution is 0.603. The second-order valence-electron chi connectivity index (χ2n) is 2.26. The fourth-order valence-electron chi connectivity index (χ4n) is 1.02. The Hall–Kier alpha value is 0.210. The minimum atomic E-state index is 0. The van der Waals surface area contributed by atoms with Crippen LogP contribution in [0.3, 0.4) is 0 Å². The van der Waals surface area contributed by atoms with Crippen LogP contribution >= 0.6 is 12.4 Å². The van der Waals surface area contributed by atoms with Crippen LogP contribution in [0.5, 0.6) is 0 Å². The highest BCUT2D eigenvalue weighted by Gasteiger charge is 2.18. The smallest absolute Gasteiger partial charge is 0.0192 e. The van der Waals surface area contributed by atoms with Gasteiger partial charge in [0, 0.05) is 12.1 Å². The van der Waals surface area contributed by atoms with Crippen molar-refractivity contribution in [3.05, 3.63) is 0 Å². The molecule has 0 bridgehead atoms. The van der Waals surface area contributed by atoms with Gasteiger partial charge in [-0.3, -0.25) is 0 Å². The lowest BCUT2D eigenvalue weighted by Gasteiger charge is -2.05. The second kappa shape index (κ2) is 3.28. The quantitative estimate of drug-likeness (QED) is 0.502. The molecular weight excluding hydrogens is 124 g/mol. The van der Waals surface area contributed by atoms with Gasteiger partial charge in [0.15, 0.2) is 0 Å². The Bertz CT molecular complexity index is 59.4. The van der Waals surface area contributed by atoms with Gasteiger partial charge < -0.3 is 11.5 Å². The third-order valence-corrected chi connectivity index (χ3v) is 1.62. The van der Waals surface area contributed by atoms with E-state index in [1.807, 2.05) is 0 Å². The molecule has 0 amide bonds. The summed E-state index contributed by atoms with van der Waals surface area (Å²) in [5.74, 6) is 0. The van der Waals surface area contributed by atoms with Crippen molar-refractivity contribution in [2.45, 2.75) is 31.3 Å². The number of hydrogen-bond donors (Lipinski definition) is 2. The van der Waals surface area contributed by atoms with Crippen molar-refractivity contribution in [3.63, 3.8) is 0 Å². The van der Waals surface area contributed by atoms with Crippen LogP contribution in [0.1, 0.15) is 19.3 Å². The Morgan fingerprint density at radius 3 is 1.50 bits per heavy atom. The van der Waals surface area contributed by atoms with E-state index in [-0.39, 0.29) is 12.4 Å². The van der Waals surface area contributed by atoms with Gasteiger partial charge in [-0.25, -0.2) is 0 Å². The van der Waals surface area contributed by atoms with Crippen molar-refractivity contribution in [2.75, 3.05) is 0 Å². The van der Waals surface area contributed by atoms with E-state index in [1.165, 1.54) is 6.42 Å². The Morgan fingerprint density at radius 2 is 1.38 bits per heavy atom. The molecular formula is C5H13ClN2. The van der Waals surface area contributed by atoms with Crippen molar-refractivity contribution >= 4 is 12.4 Å². The molecule has 50 valence electrons. The van der Waals surface area contributed by atoms with Crippen molar-refractivity contribution in [1.82, 2.24) is 0 Å². The summed E-state index contributed by atoms with van der Waals surface area (Å²) in [6.07, 6.45) is 3.48. The van der Waals surface area contributed by atoms with Gasteiger partial charge in [-0.15, -0.1) is 12.4 Å². The summed E-state index contributed by atoms with van der Waals surface area (Å²) in [5, 5.41) is 0. The fourth-order valence-corrected chi connectivity index (χ4v) is 1.02. The Labute approximate surface area is 56.0 Å². The van der Waals surface area contributed by atoms with Crippen LogP contribution in [0, 0.1) is 0 Å². The van der Waals surface area contributed by atoms with Crippen LogP contribution in [0.4, 0.5) is 0 Å². The summed E-state index contributed by atoms with van der Waals surface area (Å²) >= 11 is 0. The summed E-state index contributed by atoms with van der Waals surface area (Å²) in [7, 11) is 0. The second-order valence-corrected chi connectivity index (χ2v) is 2.26. The monoisotopic (exact) mass is 136 g/mol. The molecule has 8 heavy (non-hydrogen) atoms. The maximum atomic E-state index is 5.55. The molecule has 2 unspecified atom stereocenters. The summed E-state index contributed by atoms with van der Waals surface area (Å²) < 4.78 is 0. The molecule has 0 heterocycles. The van der Waals surface area contributed by atoms with Gasteiger partial charge in [-0.1, -0.05) is 6.42 Å². The van der Waals surface area contributed by atoms with Crippen LogP contribution in [-0.4, -0.2) is 12.1 Å². The van der Waals surface area contributed by atoms with Gasteiger partial charge in [0.2, 0.25) is 0 Å². The average molecular weight is 137 g/mol. The van der Waals surface area contributed by atoms with E-state index in [0.29, 0.717) is 12.1 Å². The van der Waals surface area contributed by atoms with Crippen molar-refractivity contribution < 1.29 is 0 Å². The third-order valence-electron chi connectivity index (χ3n) is 1.62. The first-order chi connectivity index (χ1) is 3.30. The van der Waals surface area contributed by atoms with Crippen molar-refractivity contribution in [1.29, 1.82) is 0 Å². The van der Waals surface area contributed by atoms with Crippen LogP contribution < -0.4 is 11.5 Å². The van der Waals surface area contributed by atoms with Crippen LogP contribution in [0.15, 0.2) is 0 Å². The predicted molar refractivity (Wildman–Crippen MR) is 37.0 cm³/mol. The molecule has 1 rings (SSSR count). The fraction of sp³-hybridized carbons (Fsp3) is 1.00. The van der Waals surface area contributed by atoms with Gasteiger partial charge in [0.1, 0.15) is 0 Å². The maximum Gasteiger partial charge on any atom is 0.0192 e. The Balaban J connectivity index is 0.000000490. The lowest BCUT2D eigenvalue weighted by Crippen LogP contribution is -2.35. The van der Waals surface area contributed by atoms with E-state index in [2.05, 4.69) is 0 Å². The molecule has 1 aliphatic rings. The summed E-state index contributed by atoms with van der Waals surface area (Å²) in [6.45, 7) is 0. The lowest BCUT2D eigenvalue weighted by atomic mass is 10.2. The van der Waals surface area contributed by atoms with Crippen molar-refractivity contribution in [2.24, 2.45) is 11.5 Å². The van der Waals surface area contributed by atoms with Crippen molar-refractivity contribution in [3.8, 4) is 0 Å². The molecule has 2 atom stereocenters. The third kappa shape index (κ3) is 1.62. The topological polar surface area (TPSA) is 52.0 Å². The molecule has 0 aromatic rings. The van der Waals surface area contributed by atoms with Gasteiger partial charge >= 0.3 is 0 Å². The molecule has 0 aliphatic heterocycles. The van der Waals surface area contributed by atoms with Gasteiger partial charge in [-0.2, -0.15) is 0 Å². The highest BCUT2D eigenvalue weighted by molar-refractivity contribution is 5.85. The van der Waals surface area contributed by atoms with E-state index in [0.717, 1.165) is 12.8 Å². The number of halogens is 1. The minimum absolute atomic E-state index is 0. The number of hydrogen-bond acceptors (Lipinski definition) is 2. The largest absolute Gasteiger partial charge is 0.326 e. The maximum absolute atomic E-state index is 5.55. The van der Waals surface area contributed by atoms with E-state index in [4.69, 9.17) is 11.5 Å². The molecule has 1 saturated carbocycles. The SMILES string of the molecule is Cl.NC1CCCC1N. The average Bonchev–Trinajstić information content (AvgIpc) is 1.91. The summed E-state index contributed by atoms with van der Waals surface area (Å²) in [4.78, 5) is 0. The zero-order chi connectivity index (χ0) is 5.28. The summed E-state index contributed by atoms with van der Waals surface area (Å²) in [5.41, 5.74) is 11.1. The zero-order valence-electron chi connectivity index (χ0n) is 4.84. The molecule has 1 aliphatic carbocycles. The molecule has 2 nitrogen and oxygen atoms in total. The Morgan fingerprint density at radius 1 is 1.00 bits per heavy atom. The first-order valence-corrected chi connectivity index (χ1v) is 2.82. The highest BCUT2D eigenvalue weighted by Crippen LogP contribution is 2.13. The molecule has 4 N–H and O–H groups in total.